The monoisotopic (exact) mass is 284 g/mol. The molecule has 4 nitrogen and oxygen atoms in total. The summed E-state index contributed by atoms with van der Waals surface area (Å²) in [5.41, 5.74) is 8.14. The predicted octanol–water partition coefficient (Wildman–Crippen LogP) is 2.96. The lowest BCUT2D eigenvalue weighted by Crippen LogP contribution is -2.29. The average Bonchev–Trinajstić information content (AvgIpc) is 2.96. The summed E-state index contributed by atoms with van der Waals surface area (Å²) in [4.78, 5) is 6.68. The van der Waals surface area contributed by atoms with Crippen LogP contribution in [0, 0.1) is 5.92 Å². The first-order valence-corrected chi connectivity index (χ1v) is 7.75. The summed E-state index contributed by atoms with van der Waals surface area (Å²) in [6.45, 7) is 7.92. The van der Waals surface area contributed by atoms with Gasteiger partial charge in [0.1, 0.15) is 0 Å². The third-order valence-electron chi connectivity index (χ3n) is 4.49. The fourth-order valence-electron chi connectivity index (χ4n) is 3.10. The molecular weight excluding hydrogens is 260 g/mol. The molecule has 1 aliphatic rings. The van der Waals surface area contributed by atoms with Crippen LogP contribution in [0.15, 0.2) is 30.6 Å². The minimum atomic E-state index is 0.647. The third-order valence-corrected chi connectivity index (χ3v) is 4.49. The van der Waals surface area contributed by atoms with Crippen molar-refractivity contribution in [3.05, 3.63) is 30.6 Å². The standard InChI is InChI=1S/C17H24N4/c1-12(2)21-8-6-13(11-21)9-20-16-4-3-14-10-19-7-5-15(14)17(16)18/h3-5,7,10,12-13,20H,6,8-9,11,18H2,1-2H3. The highest BCUT2D eigenvalue weighted by molar-refractivity contribution is 5.98. The SMILES string of the molecule is CC(C)N1CCC(CNc2ccc3cnccc3c2N)C1. The van der Waals surface area contributed by atoms with Crippen molar-refractivity contribution in [1.29, 1.82) is 0 Å². The molecule has 1 atom stereocenters. The number of nitrogen functional groups attached to an aromatic ring is 1. The summed E-state index contributed by atoms with van der Waals surface area (Å²) in [5.74, 6) is 0.708. The van der Waals surface area contributed by atoms with Crippen molar-refractivity contribution in [2.24, 2.45) is 5.92 Å². The minimum Gasteiger partial charge on any atom is -0.397 e. The lowest BCUT2D eigenvalue weighted by Gasteiger charge is -2.20. The smallest absolute Gasteiger partial charge is 0.0630 e. The molecule has 0 saturated carbocycles. The summed E-state index contributed by atoms with van der Waals surface area (Å²) >= 11 is 0. The molecule has 1 saturated heterocycles. The van der Waals surface area contributed by atoms with Crippen LogP contribution in [-0.4, -0.2) is 35.6 Å². The van der Waals surface area contributed by atoms with Crippen LogP contribution in [0.1, 0.15) is 20.3 Å². The highest BCUT2D eigenvalue weighted by Gasteiger charge is 2.23. The molecule has 4 heteroatoms. The molecule has 3 rings (SSSR count). The molecule has 1 fully saturated rings. The Morgan fingerprint density at radius 3 is 3.00 bits per heavy atom. The van der Waals surface area contributed by atoms with Gasteiger partial charge in [-0.15, -0.1) is 0 Å². The lowest BCUT2D eigenvalue weighted by molar-refractivity contribution is 0.266. The molecule has 2 aromatic rings. The largest absolute Gasteiger partial charge is 0.397 e. The van der Waals surface area contributed by atoms with Crippen molar-refractivity contribution in [1.82, 2.24) is 9.88 Å². The van der Waals surface area contributed by atoms with Gasteiger partial charge in [-0.05, 0) is 44.9 Å². The van der Waals surface area contributed by atoms with Gasteiger partial charge in [0.15, 0.2) is 0 Å². The molecule has 1 aromatic carbocycles. The molecule has 0 bridgehead atoms. The molecule has 0 radical (unpaired) electrons. The summed E-state index contributed by atoms with van der Waals surface area (Å²) < 4.78 is 0. The Kier molecular flexibility index (Phi) is 3.97. The Hall–Kier alpha value is -1.81. The average molecular weight is 284 g/mol. The van der Waals surface area contributed by atoms with E-state index in [1.807, 2.05) is 12.3 Å². The Morgan fingerprint density at radius 2 is 2.24 bits per heavy atom. The molecule has 2 heterocycles. The Bertz CT molecular complexity index is 623. The van der Waals surface area contributed by atoms with Crippen LogP contribution in [-0.2, 0) is 0 Å². The van der Waals surface area contributed by atoms with E-state index in [0.29, 0.717) is 12.0 Å². The van der Waals surface area contributed by atoms with Crippen molar-refractivity contribution in [2.75, 3.05) is 30.7 Å². The first-order valence-electron chi connectivity index (χ1n) is 7.75. The van der Waals surface area contributed by atoms with E-state index in [1.165, 1.54) is 19.5 Å². The van der Waals surface area contributed by atoms with Crippen LogP contribution >= 0.6 is 0 Å². The van der Waals surface area contributed by atoms with Crippen LogP contribution in [0.5, 0.6) is 0 Å². The number of aromatic nitrogens is 1. The van der Waals surface area contributed by atoms with Gasteiger partial charge in [-0.1, -0.05) is 6.07 Å². The lowest BCUT2D eigenvalue weighted by atomic mass is 10.1. The number of hydrogen-bond acceptors (Lipinski definition) is 4. The molecular formula is C17H24N4. The van der Waals surface area contributed by atoms with Crippen molar-refractivity contribution in [2.45, 2.75) is 26.3 Å². The maximum atomic E-state index is 6.28. The molecule has 112 valence electrons. The van der Waals surface area contributed by atoms with Gasteiger partial charge < -0.3 is 16.0 Å². The van der Waals surface area contributed by atoms with Gasteiger partial charge in [0.05, 0.1) is 11.4 Å². The Morgan fingerprint density at radius 1 is 1.38 bits per heavy atom. The number of benzene rings is 1. The summed E-state index contributed by atoms with van der Waals surface area (Å²) in [5, 5.41) is 5.70. The van der Waals surface area contributed by atoms with Crippen molar-refractivity contribution >= 4 is 22.1 Å². The Labute approximate surface area is 126 Å². The van der Waals surface area contributed by atoms with Crippen molar-refractivity contribution in [3.63, 3.8) is 0 Å². The molecule has 1 aromatic heterocycles. The molecule has 0 aliphatic carbocycles. The van der Waals surface area contributed by atoms with E-state index >= 15 is 0 Å². The van der Waals surface area contributed by atoms with Gasteiger partial charge in [-0.25, -0.2) is 0 Å². The number of hydrogen-bond donors (Lipinski definition) is 2. The highest BCUT2D eigenvalue weighted by Crippen LogP contribution is 2.28. The quantitative estimate of drug-likeness (QED) is 0.848. The van der Waals surface area contributed by atoms with Gasteiger partial charge in [0.2, 0.25) is 0 Å². The zero-order valence-corrected chi connectivity index (χ0v) is 12.8. The fourth-order valence-corrected chi connectivity index (χ4v) is 3.10. The number of nitrogens with two attached hydrogens (primary N) is 1. The minimum absolute atomic E-state index is 0.647. The number of rotatable bonds is 4. The van der Waals surface area contributed by atoms with E-state index in [4.69, 9.17) is 5.73 Å². The molecule has 0 spiro atoms. The maximum Gasteiger partial charge on any atom is 0.0630 e. The second kappa shape index (κ2) is 5.90. The summed E-state index contributed by atoms with van der Waals surface area (Å²) in [6, 6.07) is 6.77. The molecule has 1 unspecified atom stereocenters. The van der Waals surface area contributed by atoms with Crippen LogP contribution in [0.25, 0.3) is 10.8 Å². The number of nitrogens with one attached hydrogen (secondary N) is 1. The maximum absolute atomic E-state index is 6.28. The number of fused-ring (bicyclic) bond motifs is 1. The highest BCUT2D eigenvalue weighted by atomic mass is 15.2. The summed E-state index contributed by atoms with van der Waals surface area (Å²) in [7, 11) is 0. The van der Waals surface area contributed by atoms with Crippen LogP contribution < -0.4 is 11.1 Å². The van der Waals surface area contributed by atoms with Crippen LogP contribution in [0.3, 0.4) is 0 Å². The van der Waals surface area contributed by atoms with Crippen LogP contribution in [0.4, 0.5) is 11.4 Å². The number of pyridine rings is 1. The van der Waals surface area contributed by atoms with Gasteiger partial charge in [-0.3, -0.25) is 4.98 Å². The van der Waals surface area contributed by atoms with E-state index in [0.717, 1.165) is 28.7 Å². The first-order chi connectivity index (χ1) is 10.1. The number of anilines is 2. The fraction of sp³-hybridized carbons (Fsp3) is 0.471. The second-order valence-corrected chi connectivity index (χ2v) is 6.25. The molecule has 0 amide bonds. The zero-order valence-electron chi connectivity index (χ0n) is 12.8. The van der Waals surface area contributed by atoms with Gasteiger partial charge in [0, 0.05) is 42.3 Å². The first kappa shape index (κ1) is 14.1. The van der Waals surface area contributed by atoms with Gasteiger partial charge in [0.25, 0.3) is 0 Å². The topological polar surface area (TPSA) is 54.2 Å². The number of nitrogens with zero attached hydrogens (tertiary/aromatic N) is 2. The zero-order chi connectivity index (χ0) is 14.8. The van der Waals surface area contributed by atoms with Crippen molar-refractivity contribution in [3.8, 4) is 0 Å². The third kappa shape index (κ3) is 2.95. The Balaban J connectivity index is 1.67. The van der Waals surface area contributed by atoms with Crippen molar-refractivity contribution < 1.29 is 0 Å². The predicted molar refractivity (Wildman–Crippen MR) is 89.5 cm³/mol. The molecule has 21 heavy (non-hydrogen) atoms. The van der Waals surface area contributed by atoms with E-state index in [1.54, 1.807) is 6.20 Å². The summed E-state index contributed by atoms with van der Waals surface area (Å²) in [6.07, 6.45) is 4.91. The van der Waals surface area contributed by atoms with Crippen LogP contribution in [0.2, 0.25) is 0 Å². The van der Waals surface area contributed by atoms with E-state index in [9.17, 15) is 0 Å². The molecule has 1 aliphatic heterocycles. The van der Waals surface area contributed by atoms with Gasteiger partial charge in [-0.2, -0.15) is 0 Å². The van der Waals surface area contributed by atoms with E-state index in [2.05, 4.69) is 41.2 Å². The van der Waals surface area contributed by atoms with E-state index in [-0.39, 0.29) is 0 Å². The normalized spacial score (nSPS) is 19.5. The van der Waals surface area contributed by atoms with Gasteiger partial charge >= 0.3 is 0 Å². The second-order valence-electron chi connectivity index (χ2n) is 6.25. The molecule has 3 N–H and O–H groups in total. The number of likely N-dealkylation sites (tertiary alicyclic amines) is 1. The van der Waals surface area contributed by atoms with E-state index < -0.39 is 0 Å².